The molecule has 2 rings (SSSR count). The second-order valence-electron chi connectivity index (χ2n) is 6.21. The Labute approximate surface area is 142 Å². The van der Waals surface area contributed by atoms with Gasteiger partial charge < -0.3 is 4.90 Å². The first-order chi connectivity index (χ1) is 11.1. The summed E-state index contributed by atoms with van der Waals surface area (Å²) in [6, 6.07) is 6.48. The molecule has 24 heavy (non-hydrogen) atoms. The third-order valence-corrected chi connectivity index (χ3v) is 5.94. The van der Waals surface area contributed by atoms with E-state index in [2.05, 4.69) is 5.10 Å². The summed E-state index contributed by atoms with van der Waals surface area (Å²) in [7, 11) is 1.45. The van der Waals surface area contributed by atoms with E-state index in [1.165, 1.54) is 30.5 Å². The first-order valence-corrected chi connectivity index (χ1v) is 9.09. The Balaban J connectivity index is 2.22. The highest BCUT2D eigenvalue weighted by Gasteiger charge is 2.27. The molecule has 0 bridgehead atoms. The average molecular weight is 355 g/mol. The zero-order chi connectivity index (χ0) is 18.1. The maximum absolute atomic E-state index is 13.3. The Morgan fingerprint density at radius 2 is 1.96 bits per heavy atom. The predicted molar refractivity (Wildman–Crippen MR) is 89.6 cm³/mol. The molecule has 0 radical (unpaired) electrons. The molecule has 0 spiro atoms. The third-order valence-electron chi connectivity index (χ3n) is 3.87. The van der Waals surface area contributed by atoms with Crippen molar-refractivity contribution in [2.75, 3.05) is 21.1 Å². The number of sulfonamides is 1. The molecular formula is C16H24FN4O2S+. The summed E-state index contributed by atoms with van der Waals surface area (Å²) in [6.45, 7) is 4.56. The minimum absolute atomic E-state index is 0.256. The molecule has 0 aliphatic rings. The van der Waals surface area contributed by atoms with E-state index < -0.39 is 10.0 Å². The molecule has 6 nitrogen and oxygen atoms in total. The van der Waals surface area contributed by atoms with Gasteiger partial charge in [0.15, 0.2) is 6.67 Å². The summed E-state index contributed by atoms with van der Waals surface area (Å²) in [4.78, 5) is 1.33. The standard InChI is InChI=1S/C16H23FN4O2S/c1-12-16(24(22,23)19(3)4)13(2)21(18-12)11-20(5)10-14-7-6-8-15(17)9-14/h6-9H,10-11H2,1-5H3/p+1. The number of quaternary nitrogens is 1. The van der Waals surface area contributed by atoms with Crippen molar-refractivity contribution in [2.24, 2.45) is 0 Å². The summed E-state index contributed by atoms with van der Waals surface area (Å²) in [5.41, 5.74) is 1.98. The van der Waals surface area contributed by atoms with Crippen molar-refractivity contribution >= 4 is 10.0 Å². The van der Waals surface area contributed by atoms with Gasteiger partial charge in [-0.25, -0.2) is 21.8 Å². The van der Waals surface area contributed by atoms with Crippen molar-refractivity contribution < 1.29 is 17.7 Å². The van der Waals surface area contributed by atoms with Gasteiger partial charge in [0.25, 0.3) is 0 Å². The van der Waals surface area contributed by atoms with E-state index in [0.29, 0.717) is 24.6 Å². The number of nitrogens with zero attached hydrogens (tertiary/aromatic N) is 3. The molecule has 0 saturated carbocycles. The second-order valence-corrected chi connectivity index (χ2v) is 8.30. The van der Waals surface area contributed by atoms with Crippen LogP contribution in [0.25, 0.3) is 0 Å². The van der Waals surface area contributed by atoms with Crippen molar-refractivity contribution in [2.45, 2.75) is 32.0 Å². The topological polar surface area (TPSA) is 59.6 Å². The number of benzene rings is 1. The van der Waals surface area contributed by atoms with Crippen LogP contribution in [0.4, 0.5) is 4.39 Å². The van der Waals surface area contributed by atoms with Crippen LogP contribution >= 0.6 is 0 Å². The number of rotatable bonds is 6. The number of aromatic nitrogens is 2. The largest absolute Gasteiger partial charge is 0.315 e. The predicted octanol–water partition coefficient (Wildman–Crippen LogP) is 0.562. The zero-order valence-corrected chi connectivity index (χ0v) is 15.5. The van der Waals surface area contributed by atoms with Crippen molar-refractivity contribution in [1.82, 2.24) is 14.1 Å². The first kappa shape index (κ1) is 18.6. The maximum atomic E-state index is 13.3. The minimum atomic E-state index is -3.53. The summed E-state index contributed by atoms with van der Waals surface area (Å²) in [5.74, 6) is -0.259. The molecule has 2 aromatic rings. The summed E-state index contributed by atoms with van der Waals surface area (Å²) < 4.78 is 41.0. The highest BCUT2D eigenvalue weighted by molar-refractivity contribution is 7.89. The Morgan fingerprint density at radius 3 is 2.54 bits per heavy atom. The fraction of sp³-hybridized carbons (Fsp3) is 0.438. The molecule has 0 aliphatic carbocycles. The molecule has 1 N–H and O–H groups in total. The van der Waals surface area contributed by atoms with E-state index in [4.69, 9.17) is 0 Å². The molecule has 0 amide bonds. The summed E-state index contributed by atoms with van der Waals surface area (Å²) in [6.07, 6.45) is 0. The van der Waals surface area contributed by atoms with Gasteiger partial charge in [0, 0.05) is 19.7 Å². The number of hydrogen-bond acceptors (Lipinski definition) is 3. The molecule has 1 unspecified atom stereocenters. The molecule has 0 fully saturated rings. The van der Waals surface area contributed by atoms with Gasteiger partial charge in [0.1, 0.15) is 17.3 Å². The van der Waals surface area contributed by atoms with Gasteiger partial charge in [0.05, 0.1) is 18.4 Å². The third kappa shape index (κ3) is 3.82. The lowest BCUT2D eigenvalue weighted by atomic mass is 10.2. The first-order valence-electron chi connectivity index (χ1n) is 7.65. The SMILES string of the molecule is Cc1nn(C[NH+](C)Cc2cccc(F)c2)c(C)c1S(=O)(=O)N(C)C. The van der Waals surface area contributed by atoms with Crippen molar-refractivity contribution in [3.05, 3.63) is 47.0 Å². The second kappa shape index (κ2) is 7.00. The van der Waals surface area contributed by atoms with Crippen LogP contribution in [-0.2, 0) is 23.2 Å². The van der Waals surface area contributed by atoms with Gasteiger partial charge in [0.2, 0.25) is 10.0 Å². The van der Waals surface area contributed by atoms with E-state index in [1.807, 2.05) is 13.1 Å². The molecule has 0 saturated heterocycles. The molecule has 1 aromatic carbocycles. The van der Waals surface area contributed by atoms with Gasteiger partial charge in [-0.3, -0.25) is 0 Å². The van der Waals surface area contributed by atoms with Gasteiger partial charge >= 0.3 is 0 Å². The van der Waals surface area contributed by atoms with Crippen LogP contribution in [0, 0.1) is 19.7 Å². The van der Waals surface area contributed by atoms with Gasteiger partial charge in [-0.15, -0.1) is 0 Å². The Hall–Kier alpha value is -1.77. The fourth-order valence-corrected chi connectivity index (χ4v) is 3.96. The highest BCUT2D eigenvalue weighted by Crippen LogP contribution is 2.21. The van der Waals surface area contributed by atoms with Gasteiger partial charge in [-0.05, 0) is 26.0 Å². The van der Waals surface area contributed by atoms with Crippen LogP contribution in [0.15, 0.2) is 29.2 Å². The summed E-state index contributed by atoms with van der Waals surface area (Å²) >= 11 is 0. The van der Waals surface area contributed by atoms with Crippen LogP contribution in [0.2, 0.25) is 0 Å². The van der Waals surface area contributed by atoms with Crippen LogP contribution < -0.4 is 4.90 Å². The Kier molecular flexibility index (Phi) is 5.42. The zero-order valence-electron chi connectivity index (χ0n) is 14.7. The molecule has 8 heteroatoms. The lowest BCUT2D eigenvalue weighted by Gasteiger charge is -2.16. The molecule has 132 valence electrons. The van der Waals surface area contributed by atoms with Gasteiger partial charge in [-0.1, -0.05) is 12.1 Å². The number of hydrogen-bond donors (Lipinski definition) is 1. The Morgan fingerprint density at radius 1 is 1.29 bits per heavy atom. The monoisotopic (exact) mass is 355 g/mol. The molecule has 1 heterocycles. The number of halogens is 1. The van der Waals surface area contributed by atoms with Gasteiger partial charge in [-0.2, -0.15) is 5.10 Å². The van der Waals surface area contributed by atoms with Crippen LogP contribution in [0.1, 0.15) is 17.0 Å². The normalized spacial score (nSPS) is 13.5. The van der Waals surface area contributed by atoms with E-state index in [1.54, 1.807) is 24.6 Å². The van der Waals surface area contributed by atoms with E-state index in [-0.39, 0.29) is 10.7 Å². The number of nitrogens with one attached hydrogen (secondary N) is 1. The van der Waals surface area contributed by atoms with Crippen LogP contribution in [-0.4, -0.2) is 43.6 Å². The number of aryl methyl sites for hydroxylation is 1. The van der Waals surface area contributed by atoms with E-state index in [0.717, 1.165) is 10.5 Å². The van der Waals surface area contributed by atoms with E-state index in [9.17, 15) is 12.8 Å². The lowest BCUT2D eigenvalue weighted by Crippen LogP contribution is -3.07. The molecule has 1 atom stereocenters. The van der Waals surface area contributed by atoms with Crippen molar-refractivity contribution in [1.29, 1.82) is 0 Å². The molecule has 0 aliphatic heterocycles. The average Bonchev–Trinajstić information content (AvgIpc) is 2.73. The van der Waals surface area contributed by atoms with Crippen molar-refractivity contribution in [3.8, 4) is 0 Å². The van der Waals surface area contributed by atoms with Crippen molar-refractivity contribution in [3.63, 3.8) is 0 Å². The molecular weight excluding hydrogens is 331 g/mol. The molecule has 1 aromatic heterocycles. The van der Waals surface area contributed by atoms with Crippen LogP contribution in [0.3, 0.4) is 0 Å². The lowest BCUT2D eigenvalue weighted by molar-refractivity contribution is -0.917. The quantitative estimate of drug-likeness (QED) is 0.824. The smallest absolute Gasteiger partial charge is 0.246 e. The van der Waals surface area contributed by atoms with E-state index >= 15 is 0 Å². The maximum Gasteiger partial charge on any atom is 0.246 e. The van der Waals surface area contributed by atoms with Crippen LogP contribution in [0.5, 0.6) is 0 Å². The summed E-state index contributed by atoms with van der Waals surface area (Å²) in [5, 5.41) is 4.37. The highest BCUT2D eigenvalue weighted by atomic mass is 32.2. The minimum Gasteiger partial charge on any atom is -0.315 e. The fourth-order valence-electron chi connectivity index (χ4n) is 2.70. The Bertz CT molecular complexity index is 831.